The Labute approximate surface area is 169 Å². The number of hydrogen-bond donors (Lipinski definition) is 0. The molecule has 0 saturated carbocycles. The van der Waals surface area contributed by atoms with Crippen molar-refractivity contribution in [1.29, 1.82) is 0 Å². The highest BCUT2D eigenvalue weighted by atomic mass is 19.4. The van der Waals surface area contributed by atoms with Gasteiger partial charge in [0.2, 0.25) is 5.91 Å². The molecule has 29 heavy (non-hydrogen) atoms. The van der Waals surface area contributed by atoms with Crippen molar-refractivity contribution in [3.05, 3.63) is 59.7 Å². The molecule has 0 aliphatic carbocycles. The number of amides is 1. The van der Waals surface area contributed by atoms with Gasteiger partial charge in [-0.25, -0.2) is 0 Å². The van der Waals surface area contributed by atoms with Crippen molar-refractivity contribution in [3.63, 3.8) is 0 Å². The summed E-state index contributed by atoms with van der Waals surface area (Å²) in [5.74, 6) is -0.00727. The number of halogens is 3. The highest BCUT2D eigenvalue weighted by Crippen LogP contribution is 2.32. The van der Waals surface area contributed by atoms with Gasteiger partial charge in [-0.15, -0.1) is 0 Å². The van der Waals surface area contributed by atoms with Crippen LogP contribution in [0.1, 0.15) is 18.1 Å². The van der Waals surface area contributed by atoms with Crippen molar-refractivity contribution < 1.29 is 18.0 Å². The van der Waals surface area contributed by atoms with Crippen LogP contribution in [0.3, 0.4) is 0 Å². The van der Waals surface area contributed by atoms with Crippen molar-refractivity contribution in [3.8, 4) is 0 Å². The van der Waals surface area contributed by atoms with Crippen molar-refractivity contribution >= 4 is 17.3 Å². The highest BCUT2D eigenvalue weighted by molar-refractivity contribution is 5.91. The van der Waals surface area contributed by atoms with Crippen LogP contribution in [0.5, 0.6) is 0 Å². The molecule has 0 bridgehead atoms. The smallest absolute Gasteiger partial charge is 0.369 e. The van der Waals surface area contributed by atoms with E-state index in [1.54, 1.807) is 24.9 Å². The van der Waals surface area contributed by atoms with Crippen LogP contribution in [0.4, 0.5) is 24.5 Å². The number of carbonyl (C=O) groups is 1. The average Bonchev–Trinajstić information content (AvgIpc) is 2.72. The van der Waals surface area contributed by atoms with Gasteiger partial charge in [-0.1, -0.05) is 24.3 Å². The Kier molecular flexibility index (Phi) is 6.47. The van der Waals surface area contributed by atoms with Gasteiger partial charge in [0.05, 0.1) is 5.56 Å². The predicted octanol–water partition coefficient (Wildman–Crippen LogP) is 4.05. The Morgan fingerprint density at radius 3 is 2.38 bits per heavy atom. The third-order valence-corrected chi connectivity index (χ3v) is 5.43. The van der Waals surface area contributed by atoms with Crippen molar-refractivity contribution in [2.75, 3.05) is 49.6 Å². The van der Waals surface area contributed by atoms with Crippen LogP contribution < -0.4 is 9.80 Å². The average molecular weight is 405 g/mol. The van der Waals surface area contributed by atoms with Crippen molar-refractivity contribution in [2.24, 2.45) is 0 Å². The van der Waals surface area contributed by atoms with Gasteiger partial charge in [0, 0.05) is 58.1 Å². The summed E-state index contributed by atoms with van der Waals surface area (Å²) in [5, 5.41) is 0. The Bertz CT molecular complexity index is 845. The van der Waals surface area contributed by atoms with E-state index in [4.69, 9.17) is 0 Å². The zero-order valence-electron chi connectivity index (χ0n) is 16.7. The summed E-state index contributed by atoms with van der Waals surface area (Å²) in [7, 11) is 1.77. The van der Waals surface area contributed by atoms with Gasteiger partial charge in [-0.05, 0) is 36.2 Å². The zero-order chi connectivity index (χ0) is 21.0. The molecule has 0 spiro atoms. The van der Waals surface area contributed by atoms with Gasteiger partial charge < -0.3 is 9.80 Å². The lowest BCUT2D eigenvalue weighted by Gasteiger charge is -2.36. The molecule has 3 rings (SSSR count). The van der Waals surface area contributed by atoms with E-state index in [1.165, 1.54) is 12.1 Å². The number of alkyl halides is 3. The minimum Gasteiger partial charge on any atom is -0.369 e. The van der Waals surface area contributed by atoms with E-state index in [0.29, 0.717) is 18.8 Å². The molecule has 0 unspecified atom stereocenters. The lowest BCUT2D eigenvalue weighted by Crippen LogP contribution is -2.47. The SMILES string of the molecule is CC(=O)N(C)c1ccccc1CCN1CCN(c2cccc(C(F)(F)F)c2)CC1. The van der Waals surface area contributed by atoms with E-state index < -0.39 is 11.7 Å². The topological polar surface area (TPSA) is 26.8 Å². The number of benzene rings is 2. The molecule has 1 saturated heterocycles. The molecular formula is C22H26F3N3O. The standard InChI is InChI=1S/C22H26F3N3O/c1-17(29)26(2)21-9-4-3-6-18(21)10-11-27-12-14-28(15-13-27)20-8-5-7-19(16-20)22(23,24)25/h3-9,16H,10-15H2,1-2H3. The third kappa shape index (κ3) is 5.29. The molecule has 2 aromatic carbocycles. The molecule has 1 amide bonds. The number of rotatable bonds is 5. The summed E-state index contributed by atoms with van der Waals surface area (Å²) in [5.41, 5.74) is 2.05. The number of carbonyl (C=O) groups excluding carboxylic acids is 1. The largest absolute Gasteiger partial charge is 0.416 e. The fourth-order valence-electron chi connectivity index (χ4n) is 3.61. The lowest BCUT2D eigenvalue weighted by molar-refractivity contribution is -0.137. The monoisotopic (exact) mass is 405 g/mol. The molecular weight excluding hydrogens is 379 g/mol. The molecule has 1 aliphatic rings. The van der Waals surface area contributed by atoms with E-state index in [2.05, 4.69) is 4.90 Å². The molecule has 7 heteroatoms. The maximum absolute atomic E-state index is 12.9. The zero-order valence-corrected chi connectivity index (χ0v) is 16.7. The normalized spacial score (nSPS) is 15.4. The number of hydrogen-bond acceptors (Lipinski definition) is 3. The fraction of sp³-hybridized carbons (Fsp3) is 0.409. The number of para-hydroxylation sites is 1. The first-order valence-electron chi connectivity index (χ1n) is 9.72. The predicted molar refractivity (Wildman–Crippen MR) is 109 cm³/mol. The minimum absolute atomic E-state index is 0.00727. The van der Waals surface area contributed by atoms with E-state index in [9.17, 15) is 18.0 Å². The van der Waals surface area contributed by atoms with E-state index in [1.807, 2.05) is 29.2 Å². The van der Waals surface area contributed by atoms with E-state index in [-0.39, 0.29) is 5.91 Å². The van der Waals surface area contributed by atoms with Crippen molar-refractivity contribution in [2.45, 2.75) is 19.5 Å². The van der Waals surface area contributed by atoms with Crippen molar-refractivity contribution in [1.82, 2.24) is 4.90 Å². The molecule has 0 aromatic heterocycles. The van der Waals surface area contributed by atoms with Crippen LogP contribution in [0, 0.1) is 0 Å². The van der Waals surface area contributed by atoms with E-state index >= 15 is 0 Å². The van der Waals surface area contributed by atoms with Crippen LogP contribution >= 0.6 is 0 Å². The Hall–Kier alpha value is -2.54. The number of nitrogens with zero attached hydrogens (tertiary/aromatic N) is 3. The molecule has 1 heterocycles. The van der Waals surface area contributed by atoms with Gasteiger partial charge in [0.1, 0.15) is 0 Å². The summed E-state index contributed by atoms with van der Waals surface area (Å²) in [6.45, 7) is 5.36. The van der Waals surface area contributed by atoms with Crippen LogP contribution in [0.15, 0.2) is 48.5 Å². The van der Waals surface area contributed by atoms with Crippen LogP contribution in [-0.2, 0) is 17.4 Å². The molecule has 4 nitrogen and oxygen atoms in total. The van der Waals surface area contributed by atoms with Gasteiger partial charge in [0.25, 0.3) is 0 Å². The summed E-state index contributed by atoms with van der Waals surface area (Å²) in [4.78, 5) is 17.7. The summed E-state index contributed by atoms with van der Waals surface area (Å²) in [6.07, 6.45) is -3.50. The van der Waals surface area contributed by atoms with Gasteiger partial charge in [0.15, 0.2) is 0 Å². The summed E-state index contributed by atoms with van der Waals surface area (Å²) >= 11 is 0. The summed E-state index contributed by atoms with van der Waals surface area (Å²) in [6, 6.07) is 13.4. The molecule has 2 aromatic rings. The first-order chi connectivity index (χ1) is 13.8. The third-order valence-electron chi connectivity index (χ3n) is 5.43. The van der Waals surface area contributed by atoms with Gasteiger partial charge in [-0.2, -0.15) is 13.2 Å². The second-order valence-electron chi connectivity index (χ2n) is 7.33. The second kappa shape index (κ2) is 8.86. The van der Waals surface area contributed by atoms with Gasteiger partial charge >= 0.3 is 6.18 Å². The Morgan fingerprint density at radius 1 is 1.03 bits per heavy atom. The molecule has 0 radical (unpaired) electrons. The molecule has 156 valence electrons. The number of anilines is 2. The Balaban J connectivity index is 1.57. The molecule has 0 atom stereocenters. The fourth-order valence-corrected chi connectivity index (χ4v) is 3.61. The quantitative estimate of drug-likeness (QED) is 0.751. The van der Waals surface area contributed by atoms with Gasteiger partial charge in [-0.3, -0.25) is 9.69 Å². The van der Waals surface area contributed by atoms with Crippen LogP contribution in [0.2, 0.25) is 0 Å². The maximum atomic E-state index is 12.9. The molecule has 1 fully saturated rings. The Morgan fingerprint density at radius 2 is 1.72 bits per heavy atom. The lowest BCUT2D eigenvalue weighted by atomic mass is 10.1. The van der Waals surface area contributed by atoms with E-state index in [0.717, 1.165) is 43.4 Å². The molecule has 1 aliphatic heterocycles. The first kappa shape index (κ1) is 21.2. The number of piperazine rings is 1. The maximum Gasteiger partial charge on any atom is 0.416 e. The van der Waals surface area contributed by atoms with Crippen LogP contribution in [-0.4, -0.2) is 50.6 Å². The first-order valence-corrected chi connectivity index (χ1v) is 9.72. The second-order valence-corrected chi connectivity index (χ2v) is 7.33. The molecule has 0 N–H and O–H groups in total. The minimum atomic E-state index is -4.32. The highest BCUT2D eigenvalue weighted by Gasteiger charge is 2.31. The summed E-state index contributed by atoms with van der Waals surface area (Å²) < 4.78 is 38.8. The van der Waals surface area contributed by atoms with Crippen LogP contribution in [0.25, 0.3) is 0 Å².